The number of thiazole rings is 1. The molecule has 0 radical (unpaired) electrons. The van der Waals surface area contributed by atoms with Crippen molar-refractivity contribution in [2.24, 2.45) is 0 Å². The van der Waals surface area contributed by atoms with Crippen molar-refractivity contribution in [3.63, 3.8) is 0 Å². The molecule has 0 fully saturated rings. The molecule has 0 unspecified atom stereocenters. The second kappa shape index (κ2) is 4.76. The lowest BCUT2D eigenvalue weighted by Crippen LogP contribution is -2.25. The van der Waals surface area contributed by atoms with Crippen LogP contribution in [0.2, 0.25) is 0 Å². The Morgan fingerprint density at radius 2 is 2.31 bits per heavy atom. The van der Waals surface area contributed by atoms with Gasteiger partial charge >= 0.3 is 0 Å². The molecule has 2 aromatic rings. The van der Waals surface area contributed by atoms with Crippen molar-refractivity contribution in [3.8, 4) is 0 Å². The molecule has 1 amide bonds. The molecule has 2 heterocycles. The lowest BCUT2D eigenvalue weighted by molar-refractivity contribution is 0.0944. The first-order chi connectivity index (χ1) is 7.68. The Hall–Kier alpha value is -1.20. The van der Waals surface area contributed by atoms with Gasteiger partial charge in [0, 0.05) is 4.88 Å². The fourth-order valence-corrected chi connectivity index (χ4v) is 2.83. The van der Waals surface area contributed by atoms with Crippen molar-refractivity contribution in [1.29, 1.82) is 0 Å². The number of hydrogen-bond donors (Lipinski definition) is 1. The van der Waals surface area contributed by atoms with E-state index >= 15 is 0 Å². The van der Waals surface area contributed by atoms with Crippen LogP contribution in [0.25, 0.3) is 0 Å². The summed E-state index contributed by atoms with van der Waals surface area (Å²) < 4.78 is 0. The predicted molar refractivity (Wildman–Crippen MR) is 67.1 cm³/mol. The molecule has 1 N–H and O–H groups in total. The molecule has 0 saturated heterocycles. The summed E-state index contributed by atoms with van der Waals surface area (Å²) in [6.07, 6.45) is 0. The maximum Gasteiger partial charge on any atom is 0.263 e. The van der Waals surface area contributed by atoms with Crippen LogP contribution in [0.5, 0.6) is 0 Å². The van der Waals surface area contributed by atoms with Crippen molar-refractivity contribution < 1.29 is 4.79 Å². The molecule has 0 saturated carbocycles. The number of carbonyl (C=O) groups is 1. The van der Waals surface area contributed by atoms with Crippen LogP contribution in [0.15, 0.2) is 23.0 Å². The zero-order valence-corrected chi connectivity index (χ0v) is 10.7. The summed E-state index contributed by atoms with van der Waals surface area (Å²) in [6, 6.07) is 4.06. The summed E-state index contributed by atoms with van der Waals surface area (Å²) in [5, 5.41) is 4.98. The fourth-order valence-electron chi connectivity index (χ4n) is 1.39. The zero-order valence-electron chi connectivity index (χ0n) is 9.06. The van der Waals surface area contributed by atoms with Crippen LogP contribution in [0.1, 0.15) is 33.2 Å². The van der Waals surface area contributed by atoms with E-state index in [1.54, 1.807) is 16.8 Å². The van der Waals surface area contributed by atoms with Gasteiger partial charge in [-0.15, -0.1) is 22.7 Å². The molecule has 1 atom stereocenters. The molecule has 84 valence electrons. The van der Waals surface area contributed by atoms with Gasteiger partial charge in [-0.1, -0.05) is 6.07 Å². The fraction of sp³-hybridized carbons (Fsp3) is 0.273. The molecular weight excluding hydrogens is 240 g/mol. The molecule has 0 aliphatic heterocycles. The topological polar surface area (TPSA) is 42.0 Å². The highest BCUT2D eigenvalue weighted by Gasteiger charge is 2.15. The largest absolute Gasteiger partial charge is 0.344 e. The molecular formula is C11H12N2OS2. The second-order valence-corrected chi connectivity index (χ2v) is 5.31. The quantitative estimate of drug-likeness (QED) is 0.912. The number of aryl methyl sites for hydroxylation is 1. The number of carbonyl (C=O) groups excluding carboxylic acids is 1. The smallest absolute Gasteiger partial charge is 0.263 e. The Bertz CT molecular complexity index is 476. The SMILES string of the molecule is Cc1ncsc1C(=O)N[C@H](C)c1cccs1. The predicted octanol–water partition coefficient (Wildman–Crippen LogP) is 3.00. The van der Waals surface area contributed by atoms with Gasteiger partial charge in [-0.3, -0.25) is 4.79 Å². The number of rotatable bonds is 3. The maximum atomic E-state index is 11.9. The number of nitrogens with zero attached hydrogens (tertiary/aromatic N) is 1. The van der Waals surface area contributed by atoms with Gasteiger partial charge in [0.2, 0.25) is 0 Å². The highest BCUT2D eigenvalue weighted by Crippen LogP contribution is 2.20. The minimum Gasteiger partial charge on any atom is -0.344 e. The summed E-state index contributed by atoms with van der Waals surface area (Å²) in [7, 11) is 0. The summed E-state index contributed by atoms with van der Waals surface area (Å²) in [6.45, 7) is 3.83. The van der Waals surface area contributed by atoms with Gasteiger partial charge in [-0.25, -0.2) is 4.98 Å². The van der Waals surface area contributed by atoms with E-state index < -0.39 is 0 Å². The Labute approximate surface area is 102 Å². The Kier molecular flexibility index (Phi) is 3.36. The normalized spacial score (nSPS) is 12.4. The lowest BCUT2D eigenvalue weighted by Gasteiger charge is -2.11. The molecule has 0 bridgehead atoms. The van der Waals surface area contributed by atoms with Gasteiger partial charge in [0.25, 0.3) is 5.91 Å². The maximum absolute atomic E-state index is 11.9. The second-order valence-electron chi connectivity index (χ2n) is 3.48. The lowest BCUT2D eigenvalue weighted by atomic mass is 10.2. The van der Waals surface area contributed by atoms with Crippen LogP contribution in [-0.2, 0) is 0 Å². The molecule has 16 heavy (non-hydrogen) atoms. The van der Waals surface area contributed by atoms with Crippen molar-refractivity contribution in [3.05, 3.63) is 38.5 Å². The third kappa shape index (κ3) is 2.31. The summed E-state index contributed by atoms with van der Waals surface area (Å²) >= 11 is 3.02. The Balaban J connectivity index is 2.06. The van der Waals surface area contributed by atoms with Crippen molar-refractivity contribution >= 4 is 28.6 Å². The van der Waals surface area contributed by atoms with Crippen LogP contribution >= 0.6 is 22.7 Å². The van der Waals surface area contributed by atoms with Crippen molar-refractivity contribution in [2.45, 2.75) is 19.9 Å². The molecule has 3 nitrogen and oxygen atoms in total. The minimum atomic E-state index is -0.0408. The first-order valence-corrected chi connectivity index (χ1v) is 6.68. The van der Waals surface area contributed by atoms with Crippen LogP contribution in [-0.4, -0.2) is 10.9 Å². The molecule has 5 heteroatoms. The van der Waals surface area contributed by atoms with Crippen LogP contribution in [0, 0.1) is 6.92 Å². The first kappa shape index (κ1) is 11.3. The highest BCUT2D eigenvalue weighted by atomic mass is 32.1. The van der Waals surface area contributed by atoms with Gasteiger partial charge < -0.3 is 5.32 Å². The van der Waals surface area contributed by atoms with Gasteiger partial charge in [0.1, 0.15) is 4.88 Å². The minimum absolute atomic E-state index is 0.0408. The first-order valence-electron chi connectivity index (χ1n) is 4.93. The van der Waals surface area contributed by atoms with Crippen LogP contribution < -0.4 is 5.32 Å². The van der Waals surface area contributed by atoms with Crippen LogP contribution in [0.4, 0.5) is 0 Å². The van der Waals surface area contributed by atoms with Gasteiger partial charge in [0.15, 0.2) is 0 Å². The Morgan fingerprint density at radius 3 is 2.88 bits per heavy atom. The summed E-state index contributed by atoms with van der Waals surface area (Å²) in [5.74, 6) is -0.0408. The van der Waals surface area contributed by atoms with Gasteiger partial charge in [-0.2, -0.15) is 0 Å². The van der Waals surface area contributed by atoms with Gasteiger partial charge in [-0.05, 0) is 25.3 Å². The monoisotopic (exact) mass is 252 g/mol. The molecule has 0 aliphatic carbocycles. The summed E-state index contributed by atoms with van der Waals surface area (Å²) in [4.78, 5) is 17.8. The van der Waals surface area contributed by atoms with E-state index in [1.807, 2.05) is 31.4 Å². The van der Waals surface area contributed by atoms with E-state index in [-0.39, 0.29) is 11.9 Å². The zero-order chi connectivity index (χ0) is 11.5. The number of aromatic nitrogens is 1. The van der Waals surface area contributed by atoms with E-state index in [1.165, 1.54) is 11.3 Å². The molecule has 2 aromatic heterocycles. The van der Waals surface area contributed by atoms with Gasteiger partial charge in [0.05, 0.1) is 17.2 Å². The molecule has 0 aliphatic rings. The number of thiophene rings is 1. The number of amides is 1. The number of hydrogen-bond acceptors (Lipinski definition) is 4. The van der Waals surface area contributed by atoms with E-state index in [9.17, 15) is 4.79 Å². The molecule has 0 spiro atoms. The van der Waals surface area contributed by atoms with E-state index in [0.717, 1.165) is 10.6 Å². The van der Waals surface area contributed by atoms with Crippen molar-refractivity contribution in [1.82, 2.24) is 10.3 Å². The van der Waals surface area contributed by atoms with Crippen molar-refractivity contribution in [2.75, 3.05) is 0 Å². The third-order valence-corrected chi connectivity index (χ3v) is 4.25. The third-order valence-electron chi connectivity index (χ3n) is 2.27. The molecule has 2 rings (SSSR count). The standard InChI is InChI=1S/C11H12N2OS2/c1-7(9-4-3-5-15-9)13-11(14)10-8(2)12-6-16-10/h3-7H,1-2H3,(H,13,14)/t7-/m1/s1. The van der Waals surface area contributed by atoms with E-state index in [4.69, 9.17) is 0 Å². The Morgan fingerprint density at radius 1 is 1.50 bits per heavy atom. The molecule has 0 aromatic carbocycles. The summed E-state index contributed by atoms with van der Waals surface area (Å²) in [5.41, 5.74) is 2.49. The average Bonchev–Trinajstić information content (AvgIpc) is 2.86. The average molecular weight is 252 g/mol. The van der Waals surface area contributed by atoms with E-state index in [0.29, 0.717) is 4.88 Å². The highest BCUT2D eigenvalue weighted by molar-refractivity contribution is 7.12. The van der Waals surface area contributed by atoms with E-state index in [2.05, 4.69) is 10.3 Å². The number of nitrogens with one attached hydrogen (secondary N) is 1. The van der Waals surface area contributed by atoms with Crippen LogP contribution in [0.3, 0.4) is 0 Å².